The molecule has 0 saturated heterocycles. The number of carbonyl (C=O) groups is 2. The molecule has 10 heteroatoms. The van der Waals surface area contributed by atoms with Crippen LogP contribution in [0.3, 0.4) is 0 Å². The number of thiazole rings is 1. The molecule has 9 nitrogen and oxygen atoms in total. The van der Waals surface area contributed by atoms with Gasteiger partial charge in [0.2, 0.25) is 0 Å². The second kappa shape index (κ2) is 9.59. The summed E-state index contributed by atoms with van der Waals surface area (Å²) in [6.45, 7) is -0.462. The number of rotatable bonds is 6. The summed E-state index contributed by atoms with van der Waals surface area (Å²) in [5.41, 5.74) is 4.07. The summed E-state index contributed by atoms with van der Waals surface area (Å²) in [5, 5.41) is 16.3. The number of nitrogens with one attached hydrogen (secondary N) is 1. The van der Waals surface area contributed by atoms with Gasteiger partial charge < -0.3 is 4.74 Å². The zero-order valence-electron chi connectivity index (χ0n) is 18.5. The fourth-order valence-electron chi connectivity index (χ4n) is 4.21. The molecule has 1 amide bonds. The molecule has 1 aliphatic rings. The zero-order valence-corrected chi connectivity index (χ0v) is 19.3. The molecule has 0 atom stereocenters. The maximum absolute atomic E-state index is 13.1. The number of amides is 1. The van der Waals surface area contributed by atoms with Crippen LogP contribution in [0.5, 0.6) is 0 Å². The van der Waals surface area contributed by atoms with Crippen LogP contribution in [0.4, 0.5) is 10.8 Å². The van der Waals surface area contributed by atoms with Crippen molar-refractivity contribution in [3.63, 3.8) is 0 Å². The molecule has 2 aromatic heterocycles. The molecule has 2 heterocycles. The highest BCUT2D eigenvalue weighted by Crippen LogP contribution is 2.30. The van der Waals surface area contributed by atoms with Crippen molar-refractivity contribution in [1.29, 1.82) is 0 Å². The summed E-state index contributed by atoms with van der Waals surface area (Å²) < 4.78 is 5.39. The van der Waals surface area contributed by atoms with Crippen LogP contribution in [-0.4, -0.2) is 33.4 Å². The van der Waals surface area contributed by atoms with E-state index in [-0.39, 0.29) is 5.69 Å². The Balaban J connectivity index is 1.28. The molecule has 35 heavy (non-hydrogen) atoms. The number of nitrogens with zero attached hydrogens (tertiary/aromatic N) is 3. The number of para-hydroxylation sites is 1. The number of non-ortho nitro benzene ring substituents is 1. The first kappa shape index (κ1) is 22.6. The van der Waals surface area contributed by atoms with Crippen LogP contribution in [-0.2, 0) is 22.4 Å². The summed E-state index contributed by atoms with van der Waals surface area (Å²) >= 11 is 1.18. The number of fused-ring (bicyclic) bond motifs is 2. The molecule has 0 saturated carbocycles. The van der Waals surface area contributed by atoms with E-state index in [1.165, 1.54) is 23.5 Å². The maximum Gasteiger partial charge on any atom is 0.339 e. The van der Waals surface area contributed by atoms with Crippen LogP contribution in [0.25, 0.3) is 22.2 Å². The van der Waals surface area contributed by atoms with Gasteiger partial charge in [-0.05, 0) is 37.3 Å². The lowest BCUT2D eigenvalue weighted by Crippen LogP contribution is -2.22. The van der Waals surface area contributed by atoms with Crippen LogP contribution < -0.4 is 5.32 Å². The molecule has 4 aromatic rings. The zero-order chi connectivity index (χ0) is 24.4. The first-order valence-electron chi connectivity index (χ1n) is 11.1. The van der Waals surface area contributed by atoms with E-state index in [9.17, 15) is 19.7 Å². The Morgan fingerprint density at radius 3 is 2.77 bits per heavy atom. The number of hydrogen-bond donors (Lipinski definition) is 1. The Bertz CT molecular complexity index is 1470. The van der Waals surface area contributed by atoms with Crippen molar-refractivity contribution >= 4 is 44.9 Å². The van der Waals surface area contributed by atoms with Crippen LogP contribution in [0.2, 0.25) is 0 Å². The molecule has 2 aromatic carbocycles. The number of anilines is 1. The topological polar surface area (TPSA) is 124 Å². The van der Waals surface area contributed by atoms with E-state index >= 15 is 0 Å². The molecule has 0 bridgehead atoms. The summed E-state index contributed by atoms with van der Waals surface area (Å²) in [6, 6.07) is 13.5. The molecular weight excluding hydrogens is 468 g/mol. The van der Waals surface area contributed by atoms with E-state index in [0.29, 0.717) is 22.0 Å². The van der Waals surface area contributed by atoms with Gasteiger partial charge in [0.15, 0.2) is 11.7 Å². The maximum atomic E-state index is 13.1. The summed E-state index contributed by atoms with van der Waals surface area (Å²) in [6.07, 6.45) is 3.58. The summed E-state index contributed by atoms with van der Waals surface area (Å²) in [5.74, 6) is -1.07. The SMILES string of the molecule is O=C(COC(=O)c1c2c(nc3ccccc13)CCCC2)Nc1nc(-c2cccc([N+](=O)[O-])c2)cs1. The van der Waals surface area contributed by atoms with E-state index in [1.807, 2.05) is 24.3 Å². The number of hydrogen-bond acceptors (Lipinski definition) is 8. The lowest BCUT2D eigenvalue weighted by Gasteiger charge is -2.19. The lowest BCUT2D eigenvalue weighted by atomic mass is 9.90. The van der Waals surface area contributed by atoms with Gasteiger partial charge in [-0.2, -0.15) is 0 Å². The third-order valence-corrected chi connectivity index (χ3v) is 6.57. The normalized spacial score (nSPS) is 12.7. The first-order chi connectivity index (χ1) is 17.0. The smallest absolute Gasteiger partial charge is 0.339 e. The van der Waals surface area contributed by atoms with Gasteiger partial charge in [0, 0.05) is 34.2 Å². The van der Waals surface area contributed by atoms with Crippen LogP contribution in [0.15, 0.2) is 53.9 Å². The van der Waals surface area contributed by atoms with E-state index in [1.54, 1.807) is 17.5 Å². The standard InChI is InChI=1S/C25H20N4O5S/c30-22(28-25-27-21(14-35-25)15-6-5-7-16(12-15)29(32)33)13-34-24(31)23-17-8-1-3-10-19(17)26-20-11-4-2-9-18(20)23/h1,3,5-8,10,12,14H,2,4,9,11,13H2,(H,27,28,30). The van der Waals surface area contributed by atoms with Crippen molar-refractivity contribution in [3.8, 4) is 11.3 Å². The highest BCUT2D eigenvalue weighted by molar-refractivity contribution is 7.14. The van der Waals surface area contributed by atoms with Gasteiger partial charge in [-0.3, -0.25) is 25.2 Å². The first-order valence-corrected chi connectivity index (χ1v) is 12.0. The van der Waals surface area contributed by atoms with Crippen molar-refractivity contribution in [1.82, 2.24) is 9.97 Å². The molecule has 1 N–H and O–H groups in total. The van der Waals surface area contributed by atoms with E-state index in [2.05, 4.69) is 10.3 Å². The van der Waals surface area contributed by atoms with Gasteiger partial charge in [-0.25, -0.2) is 9.78 Å². The van der Waals surface area contributed by atoms with Gasteiger partial charge >= 0.3 is 5.97 Å². The number of benzene rings is 2. The largest absolute Gasteiger partial charge is 0.452 e. The number of nitro groups is 1. The van der Waals surface area contributed by atoms with Gasteiger partial charge in [0.1, 0.15) is 0 Å². The second-order valence-electron chi connectivity index (χ2n) is 8.11. The highest BCUT2D eigenvalue weighted by Gasteiger charge is 2.24. The molecule has 0 spiro atoms. The van der Waals surface area contributed by atoms with Crippen LogP contribution in [0.1, 0.15) is 34.5 Å². The van der Waals surface area contributed by atoms with Gasteiger partial charge in [-0.1, -0.05) is 30.3 Å². The van der Waals surface area contributed by atoms with Crippen molar-refractivity contribution in [3.05, 3.63) is 80.8 Å². The summed E-state index contributed by atoms with van der Waals surface area (Å²) in [7, 11) is 0. The minimum absolute atomic E-state index is 0.0428. The molecule has 0 radical (unpaired) electrons. The molecule has 1 aliphatic carbocycles. The Hall–Kier alpha value is -4.18. The van der Waals surface area contributed by atoms with E-state index < -0.39 is 23.4 Å². The van der Waals surface area contributed by atoms with Crippen LogP contribution in [0, 0.1) is 10.1 Å². The Labute approximate surface area is 203 Å². The molecule has 176 valence electrons. The second-order valence-corrected chi connectivity index (χ2v) is 8.96. The number of pyridine rings is 1. The van der Waals surface area contributed by atoms with E-state index in [4.69, 9.17) is 9.72 Å². The Morgan fingerprint density at radius 2 is 1.91 bits per heavy atom. The molecule has 5 rings (SSSR count). The van der Waals surface area contributed by atoms with Gasteiger partial charge in [0.05, 0.1) is 21.7 Å². The lowest BCUT2D eigenvalue weighted by molar-refractivity contribution is -0.384. The summed E-state index contributed by atoms with van der Waals surface area (Å²) in [4.78, 5) is 45.1. The fraction of sp³-hybridized carbons (Fsp3) is 0.200. The molecular formula is C25H20N4O5S. The predicted octanol–water partition coefficient (Wildman–Crippen LogP) is 4.94. The van der Waals surface area contributed by atoms with Crippen molar-refractivity contribution in [2.45, 2.75) is 25.7 Å². The quantitative estimate of drug-likeness (QED) is 0.231. The van der Waals surface area contributed by atoms with Crippen molar-refractivity contribution in [2.24, 2.45) is 0 Å². The average molecular weight is 489 g/mol. The van der Waals surface area contributed by atoms with Gasteiger partial charge in [-0.15, -0.1) is 11.3 Å². The Morgan fingerprint density at radius 1 is 1.09 bits per heavy atom. The third-order valence-electron chi connectivity index (χ3n) is 5.81. The Kier molecular flexibility index (Phi) is 6.19. The number of aromatic nitrogens is 2. The van der Waals surface area contributed by atoms with Crippen molar-refractivity contribution < 1.29 is 19.2 Å². The van der Waals surface area contributed by atoms with E-state index in [0.717, 1.165) is 47.8 Å². The van der Waals surface area contributed by atoms with Gasteiger partial charge in [0.25, 0.3) is 11.6 Å². The van der Waals surface area contributed by atoms with Crippen LogP contribution >= 0.6 is 11.3 Å². The minimum Gasteiger partial charge on any atom is -0.452 e. The fourth-order valence-corrected chi connectivity index (χ4v) is 4.94. The molecule has 0 aliphatic heterocycles. The number of ether oxygens (including phenoxy) is 1. The molecule has 0 unspecified atom stereocenters. The molecule has 0 fully saturated rings. The third kappa shape index (κ3) is 4.73. The predicted molar refractivity (Wildman–Crippen MR) is 132 cm³/mol. The highest BCUT2D eigenvalue weighted by atomic mass is 32.1. The van der Waals surface area contributed by atoms with Crippen molar-refractivity contribution in [2.75, 3.05) is 11.9 Å². The average Bonchev–Trinajstić information content (AvgIpc) is 3.34. The number of aryl methyl sites for hydroxylation is 1. The monoisotopic (exact) mass is 488 g/mol. The number of carbonyl (C=O) groups excluding carboxylic acids is 2. The number of nitro benzene ring substituents is 1. The minimum atomic E-state index is -0.548. The number of esters is 1.